The lowest BCUT2D eigenvalue weighted by atomic mass is 9.94. The number of sulfone groups is 1. The second kappa shape index (κ2) is 6.19. The van der Waals surface area contributed by atoms with Crippen molar-refractivity contribution in [3.8, 4) is 0 Å². The second-order valence-corrected chi connectivity index (χ2v) is 8.14. The maximum Gasteiger partial charge on any atom is 0.293 e. The summed E-state index contributed by atoms with van der Waals surface area (Å²) in [5, 5.41) is 14.1. The number of anilines is 1. The van der Waals surface area contributed by atoms with E-state index in [-0.39, 0.29) is 17.0 Å². The Morgan fingerprint density at radius 1 is 1.38 bits per heavy atom. The fourth-order valence-corrected chi connectivity index (χ4v) is 4.01. The van der Waals surface area contributed by atoms with Crippen LogP contribution in [0.15, 0.2) is 18.2 Å². The quantitative estimate of drug-likeness (QED) is 0.676. The molecule has 116 valence electrons. The van der Waals surface area contributed by atoms with Crippen molar-refractivity contribution in [3.05, 3.63) is 33.3 Å². The Morgan fingerprint density at radius 3 is 2.71 bits per heavy atom. The summed E-state index contributed by atoms with van der Waals surface area (Å²) in [5.74, 6) is 0. The van der Waals surface area contributed by atoms with Gasteiger partial charge in [0.15, 0.2) is 0 Å². The maximum atomic E-state index is 11.7. The van der Waals surface area contributed by atoms with E-state index < -0.39 is 14.8 Å². The van der Waals surface area contributed by atoms with Gasteiger partial charge in [0.25, 0.3) is 5.69 Å². The maximum absolute atomic E-state index is 11.7. The SMILES string of the molecule is CS(=O)(=O)C1CCCC(Nc2ccc(Cl)cc2[N+](=O)[O-])C1. The summed E-state index contributed by atoms with van der Waals surface area (Å²) in [6.07, 6.45) is 3.95. The van der Waals surface area contributed by atoms with E-state index in [0.29, 0.717) is 23.6 Å². The summed E-state index contributed by atoms with van der Waals surface area (Å²) in [5.41, 5.74) is 0.285. The van der Waals surface area contributed by atoms with Gasteiger partial charge in [0.05, 0.1) is 10.2 Å². The van der Waals surface area contributed by atoms with E-state index in [1.807, 2.05) is 0 Å². The Hall–Kier alpha value is -1.34. The van der Waals surface area contributed by atoms with Crippen LogP contribution in [0.2, 0.25) is 5.02 Å². The molecule has 0 heterocycles. The number of hydrogen-bond donors (Lipinski definition) is 1. The van der Waals surface area contributed by atoms with Crippen molar-refractivity contribution in [1.82, 2.24) is 0 Å². The van der Waals surface area contributed by atoms with Crippen molar-refractivity contribution in [3.63, 3.8) is 0 Å². The third-order valence-electron chi connectivity index (χ3n) is 3.75. The molecule has 21 heavy (non-hydrogen) atoms. The van der Waals surface area contributed by atoms with E-state index in [1.54, 1.807) is 12.1 Å². The number of benzene rings is 1. The first kappa shape index (κ1) is 16.0. The van der Waals surface area contributed by atoms with Gasteiger partial charge in [-0.25, -0.2) is 8.42 Å². The molecule has 1 aromatic carbocycles. The van der Waals surface area contributed by atoms with Gasteiger partial charge in [0, 0.05) is 23.4 Å². The lowest BCUT2D eigenvalue weighted by Crippen LogP contribution is -2.34. The summed E-state index contributed by atoms with van der Waals surface area (Å²) in [7, 11) is -3.08. The molecular weight excluding hydrogens is 316 g/mol. The monoisotopic (exact) mass is 332 g/mol. The molecule has 1 saturated carbocycles. The number of hydrogen-bond acceptors (Lipinski definition) is 5. The molecule has 0 radical (unpaired) electrons. The standard InChI is InChI=1S/C13H17ClN2O4S/c1-21(19,20)11-4-2-3-10(8-11)15-12-6-5-9(14)7-13(12)16(17)18/h5-7,10-11,15H,2-4,8H2,1H3. The second-order valence-electron chi connectivity index (χ2n) is 5.38. The van der Waals surface area contributed by atoms with Crippen LogP contribution in [-0.2, 0) is 9.84 Å². The van der Waals surface area contributed by atoms with Gasteiger partial charge in [-0.05, 0) is 31.4 Å². The highest BCUT2D eigenvalue weighted by atomic mass is 35.5. The molecule has 1 aliphatic rings. The highest BCUT2D eigenvalue weighted by Gasteiger charge is 2.29. The number of halogens is 1. The van der Waals surface area contributed by atoms with Crippen LogP contribution in [0.3, 0.4) is 0 Å². The summed E-state index contributed by atoms with van der Waals surface area (Å²) >= 11 is 5.78. The Morgan fingerprint density at radius 2 is 2.10 bits per heavy atom. The molecular formula is C13H17ClN2O4S. The van der Waals surface area contributed by atoms with Crippen molar-refractivity contribution in [2.75, 3.05) is 11.6 Å². The molecule has 2 unspecified atom stereocenters. The molecule has 1 aromatic rings. The summed E-state index contributed by atoms with van der Waals surface area (Å²) < 4.78 is 23.3. The normalized spacial score (nSPS) is 22.8. The van der Waals surface area contributed by atoms with E-state index in [9.17, 15) is 18.5 Å². The third-order valence-corrected chi connectivity index (χ3v) is 5.62. The van der Waals surface area contributed by atoms with Gasteiger partial charge in [0.2, 0.25) is 0 Å². The van der Waals surface area contributed by atoms with E-state index in [0.717, 1.165) is 12.8 Å². The summed E-state index contributed by atoms with van der Waals surface area (Å²) in [6, 6.07) is 4.34. The molecule has 1 fully saturated rings. The van der Waals surface area contributed by atoms with Gasteiger partial charge in [-0.2, -0.15) is 0 Å². The Kier molecular flexibility index (Phi) is 4.73. The van der Waals surface area contributed by atoms with Gasteiger partial charge >= 0.3 is 0 Å². The minimum Gasteiger partial charge on any atom is -0.377 e. The predicted molar refractivity (Wildman–Crippen MR) is 82.6 cm³/mol. The zero-order valence-corrected chi connectivity index (χ0v) is 13.2. The molecule has 0 aliphatic heterocycles. The number of rotatable bonds is 4. The molecule has 0 saturated heterocycles. The van der Waals surface area contributed by atoms with E-state index in [2.05, 4.69) is 5.32 Å². The third kappa shape index (κ3) is 4.07. The average molecular weight is 333 g/mol. The van der Waals surface area contributed by atoms with E-state index in [4.69, 9.17) is 11.6 Å². The zero-order chi connectivity index (χ0) is 15.6. The minimum absolute atomic E-state index is 0.0849. The van der Waals surface area contributed by atoms with Gasteiger partial charge < -0.3 is 5.32 Å². The number of nitrogens with one attached hydrogen (secondary N) is 1. The van der Waals surface area contributed by atoms with E-state index in [1.165, 1.54) is 12.3 Å². The van der Waals surface area contributed by atoms with Crippen LogP contribution in [0.1, 0.15) is 25.7 Å². The van der Waals surface area contributed by atoms with E-state index >= 15 is 0 Å². The highest BCUT2D eigenvalue weighted by molar-refractivity contribution is 7.91. The molecule has 8 heteroatoms. The van der Waals surface area contributed by atoms with Crippen molar-refractivity contribution >= 4 is 32.8 Å². The lowest BCUT2D eigenvalue weighted by molar-refractivity contribution is -0.384. The van der Waals surface area contributed by atoms with Crippen molar-refractivity contribution in [1.29, 1.82) is 0 Å². The van der Waals surface area contributed by atoms with Gasteiger partial charge in [-0.3, -0.25) is 10.1 Å². The molecule has 1 N–H and O–H groups in total. The topological polar surface area (TPSA) is 89.3 Å². The minimum atomic E-state index is -3.08. The highest BCUT2D eigenvalue weighted by Crippen LogP contribution is 2.32. The van der Waals surface area contributed by atoms with Crippen LogP contribution in [-0.4, -0.2) is 30.9 Å². The predicted octanol–water partition coefficient (Wildman–Crippen LogP) is 3.02. The van der Waals surface area contributed by atoms with Gasteiger partial charge in [-0.15, -0.1) is 0 Å². The van der Waals surface area contributed by atoms with Crippen LogP contribution in [0.5, 0.6) is 0 Å². The van der Waals surface area contributed by atoms with Crippen molar-refractivity contribution in [2.45, 2.75) is 37.0 Å². The number of nitro groups is 1. The number of nitrogens with zero attached hydrogens (tertiary/aromatic N) is 1. The first-order chi connectivity index (χ1) is 9.77. The fraction of sp³-hybridized carbons (Fsp3) is 0.538. The summed E-state index contributed by atoms with van der Waals surface area (Å²) in [6.45, 7) is 0. The van der Waals surface area contributed by atoms with Crippen molar-refractivity contribution in [2.24, 2.45) is 0 Å². The van der Waals surface area contributed by atoms with Crippen LogP contribution < -0.4 is 5.32 Å². The van der Waals surface area contributed by atoms with Gasteiger partial charge in [0.1, 0.15) is 15.5 Å². The first-order valence-electron chi connectivity index (χ1n) is 6.66. The van der Waals surface area contributed by atoms with Crippen LogP contribution in [0.4, 0.5) is 11.4 Å². The number of nitro benzene ring substituents is 1. The molecule has 2 atom stereocenters. The molecule has 2 rings (SSSR count). The fourth-order valence-electron chi connectivity index (χ4n) is 2.66. The van der Waals surface area contributed by atoms with Crippen LogP contribution >= 0.6 is 11.6 Å². The Labute approximate surface area is 128 Å². The first-order valence-corrected chi connectivity index (χ1v) is 9.00. The van der Waals surface area contributed by atoms with Crippen molar-refractivity contribution < 1.29 is 13.3 Å². The lowest BCUT2D eigenvalue weighted by Gasteiger charge is -2.29. The Balaban J connectivity index is 2.17. The largest absolute Gasteiger partial charge is 0.377 e. The Bertz CT molecular complexity index is 648. The molecule has 0 aromatic heterocycles. The zero-order valence-electron chi connectivity index (χ0n) is 11.6. The molecule has 0 spiro atoms. The molecule has 0 amide bonds. The summed E-state index contributed by atoms with van der Waals surface area (Å²) in [4.78, 5) is 10.6. The average Bonchev–Trinajstić information content (AvgIpc) is 2.40. The van der Waals surface area contributed by atoms with Crippen LogP contribution in [0.25, 0.3) is 0 Å². The molecule has 0 bridgehead atoms. The molecule has 6 nitrogen and oxygen atoms in total. The van der Waals surface area contributed by atoms with Crippen LogP contribution in [0, 0.1) is 10.1 Å². The molecule has 1 aliphatic carbocycles. The van der Waals surface area contributed by atoms with Gasteiger partial charge in [-0.1, -0.05) is 18.0 Å². The smallest absolute Gasteiger partial charge is 0.293 e.